The predicted octanol–water partition coefficient (Wildman–Crippen LogP) is -0.0851. The number of carbonyl (C=O) groups excluding carboxylic acids is 1. The highest BCUT2D eigenvalue weighted by Gasteiger charge is 2.11. The second-order valence-corrected chi connectivity index (χ2v) is 3.92. The van der Waals surface area contributed by atoms with Gasteiger partial charge in [0.05, 0.1) is 52.8 Å². The van der Waals surface area contributed by atoms with Crippen molar-refractivity contribution in [2.75, 3.05) is 65.9 Å². The topological polar surface area (TPSA) is 57.2 Å². The summed E-state index contributed by atoms with van der Waals surface area (Å²) in [6.07, 6.45) is 0. The van der Waals surface area contributed by atoms with E-state index >= 15 is 0 Å². The molecular formula is C12H23NO5. The monoisotopic (exact) mass is 261 g/mol. The lowest BCUT2D eigenvalue weighted by Gasteiger charge is -2.21. The Morgan fingerprint density at radius 2 is 1.50 bits per heavy atom. The second-order valence-electron chi connectivity index (χ2n) is 3.92. The van der Waals surface area contributed by atoms with Gasteiger partial charge in [0.25, 0.3) is 0 Å². The number of hydrogen-bond donors (Lipinski definition) is 0. The van der Waals surface area contributed by atoms with Crippen molar-refractivity contribution in [2.45, 2.75) is 6.92 Å². The van der Waals surface area contributed by atoms with Crippen LogP contribution >= 0.6 is 0 Å². The van der Waals surface area contributed by atoms with E-state index in [-0.39, 0.29) is 12.5 Å². The van der Waals surface area contributed by atoms with E-state index in [0.717, 1.165) is 0 Å². The van der Waals surface area contributed by atoms with Crippen LogP contribution in [0, 0.1) is 0 Å². The smallest absolute Gasteiger partial charge is 0.320 e. The number of esters is 1. The van der Waals surface area contributed by atoms with Gasteiger partial charge >= 0.3 is 5.97 Å². The van der Waals surface area contributed by atoms with Crippen molar-refractivity contribution in [1.29, 1.82) is 0 Å². The van der Waals surface area contributed by atoms with Crippen molar-refractivity contribution in [3.05, 3.63) is 0 Å². The Labute approximate surface area is 108 Å². The number of hydrogen-bond acceptors (Lipinski definition) is 6. The van der Waals surface area contributed by atoms with E-state index in [9.17, 15) is 4.79 Å². The lowest BCUT2D eigenvalue weighted by atomic mass is 10.4. The minimum absolute atomic E-state index is 0.201. The first-order valence-corrected chi connectivity index (χ1v) is 6.44. The Bertz CT molecular complexity index is 213. The van der Waals surface area contributed by atoms with Crippen molar-refractivity contribution in [3.8, 4) is 0 Å². The molecule has 0 N–H and O–H groups in total. The minimum Gasteiger partial charge on any atom is -0.465 e. The summed E-state index contributed by atoms with van der Waals surface area (Å²) in [7, 11) is 0. The van der Waals surface area contributed by atoms with Gasteiger partial charge in [0.2, 0.25) is 0 Å². The Balaban J connectivity index is 2.29. The van der Waals surface area contributed by atoms with E-state index in [1.165, 1.54) is 0 Å². The third kappa shape index (κ3) is 7.60. The Kier molecular flexibility index (Phi) is 8.75. The minimum atomic E-state index is -0.201. The van der Waals surface area contributed by atoms with Crippen LogP contribution in [0.3, 0.4) is 0 Å². The number of rotatable bonds is 3. The van der Waals surface area contributed by atoms with Gasteiger partial charge in [-0.25, -0.2) is 0 Å². The van der Waals surface area contributed by atoms with E-state index in [1.807, 2.05) is 4.90 Å². The van der Waals surface area contributed by atoms with Gasteiger partial charge in [-0.3, -0.25) is 9.69 Å². The van der Waals surface area contributed by atoms with Crippen molar-refractivity contribution >= 4 is 5.97 Å². The first kappa shape index (κ1) is 15.4. The molecule has 0 aromatic heterocycles. The third-order valence-corrected chi connectivity index (χ3v) is 2.51. The highest BCUT2D eigenvalue weighted by molar-refractivity contribution is 5.71. The van der Waals surface area contributed by atoms with E-state index < -0.39 is 0 Å². The highest BCUT2D eigenvalue weighted by Crippen LogP contribution is 1.94. The summed E-state index contributed by atoms with van der Waals surface area (Å²) in [4.78, 5) is 13.4. The van der Waals surface area contributed by atoms with Crippen LogP contribution in [0.2, 0.25) is 0 Å². The molecule has 1 rings (SSSR count). The lowest BCUT2D eigenvalue weighted by molar-refractivity contribution is -0.144. The average Bonchev–Trinajstić information content (AvgIpc) is 2.33. The number of ether oxygens (including phenoxy) is 4. The maximum Gasteiger partial charge on any atom is 0.320 e. The first-order valence-electron chi connectivity index (χ1n) is 6.44. The van der Waals surface area contributed by atoms with Crippen molar-refractivity contribution in [1.82, 2.24) is 4.90 Å². The summed E-state index contributed by atoms with van der Waals surface area (Å²) in [5, 5.41) is 0. The molecule has 0 saturated carbocycles. The Hall–Kier alpha value is -0.690. The fourth-order valence-corrected chi connectivity index (χ4v) is 1.59. The molecule has 0 amide bonds. The van der Waals surface area contributed by atoms with Crippen LogP contribution < -0.4 is 0 Å². The Morgan fingerprint density at radius 3 is 2.00 bits per heavy atom. The molecule has 1 aliphatic heterocycles. The molecule has 0 unspecified atom stereocenters. The molecule has 0 atom stereocenters. The van der Waals surface area contributed by atoms with Gasteiger partial charge in [0.1, 0.15) is 0 Å². The molecule has 0 radical (unpaired) electrons. The SMILES string of the molecule is CCOC(=O)CN1CCOCCOCCOCC1. The van der Waals surface area contributed by atoms with Crippen LogP contribution in [-0.2, 0) is 23.7 Å². The zero-order valence-electron chi connectivity index (χ0n) is 11.1. The summed E-state index contributed by atoms with van der Waals surface area (Å²) in [6, 6.07) is 0. The molecule has 0 aliphatic carbocycles. The summed E-state index contributed by atoms with van der Waals surface area (Å²) in [5.74, 6) is -0.201. The van der Waals surface area contributed by atoms with E-state index in [4.69, 9.17) is 18.9 Å². The molecule has 1 saturated heterocycles. The largest absolute Gasteiger partial charge is 0.465 e. The quantitative estimate of drug-likeness (QED) is 0.662. The van der Waals surface area contributed by atoms with Crippen LogP contribution in [0.25, 0.3) is 0 Å². The normalized spacial score (nSPS) is 20.7. The summed E-state index contributed by atoms with van der Waals surface area (Å²) < 4.78 is 21.1. The molecule has 6 heteroatoms. The molecule has 6 nitrogen and oxygen atoms in total. The van der Waals surface area contributed by atoms with Crippen molar-refractivity contribution in [3.63, 3.8) is 0 Å². The maximum absolute atomic E-state index is 11.4. The molecule has 0 aromatic rings. The lowest BCUT2D eigenvalue weighted by Crippen LogP contribution is -2.37. The number of carbonyl (C=O) groups is 1. The zero-order chi connectivity index (χ0) is 13.1. The molecule has 1 aliphatic rings. The average molecular weight is 261 g/mol. The molecule has 106 valence electrons. The van der Waals surface area contributed by atoms with Gasteiger partial charge in [-0.15, -0.1) is 0 Å². The summed E-state index contributed by atoms with van der Waals surface area (Å²) in [5.41, 5.74) is 0. The van der Waals surface area contributed by atoms with E-state index in [2.05, 4.69) is 0 Å². The third-order valence-electron chi connectivity index (χ3n) is 2.51. The van der Waals surface area contributed by atoms with E-state index in [1.54, 1.807) is 6.92 Å². The molecule has 0 spiro atoms. The van der Waals surface area contributed by atoms with E-state index in [0.29, 0.717) is 59.3 Å². The van der Waals surface area contributed by atoms with Crippen LogP contribution in [0.1, 0.15) is 6.92 Å². The van der Waals surface area contributed by atoms with Gasteiger partial charge in [-0.2, -0.15) is 0 Å². The Morgan fingerprint density at radius 1 is 1.00 bits per heavy atom. The fourth-order valence-electron chi connectivity index (χ4n) is 1.59. The van der Waals surface area contributed by atoms with Crippen LogP contribution in [0.5, 0.6) is 0 Å². The van der Waals surface area contributed by atoms with Gasteiger partial charge < -0.3 is 18.9 Å². The maximum atomic E-state index is 11.4. The van der Waals surface area contributed by atoms with Crippen LogP contribution in [-0.4, -0.2) is 76.8 Å². The molecular weight excluding hydrogens is 238 g/mol. The number of nitrogens with zero attached hydrogens (tertiary/aromatic N) is 1. The van der Waals surface area contributed by atoms with Gasteiger partial charge in [0.15, 0.2) is 0 Å². The molecule has 18 heavy (non-hydrogen) atoms. The molecule has 0 aromatic carbocycles. The molecule has 0 bridgehead atoms. The van der Waals surface area contributed by atoms with Crippen molar-refractivity contribution in [2.24, 2.45) is 0 Å². The van der Waals surface area contributed by atoms with Gasteiger partial charge in [0, 0.05) is 13.1 Å². The zero-order valence-corrected chi connectivity index (χ0v) is 11.1. The standard InChI is InChI=1S/C12H23NO5/c1-2-18-12(14)11-13-3-5-15-7-9-17-10-8-16-6-4-13/h2-11H2,1H3. The van der Waals surface area contributed by atoms with Crippen molar-refractivity contribution < 1.29 is 23.7 Å². The highest BCUT2D eigenvalue weighted by atomic mass is 16.5. The van der Waals surface area contributed by atoms with Gasteiger partial charge in [-0.05, 0) is 6.92 Å². The molecule has 1 fully saturated rings. The second kappa shape index (κ2) is 10.3. The van der Waals surface area contributed by atoms with Crippen LogP contribution in [0.4, 0.5) is 0 Å². The first-order chi connectivity index (χ1) is 8.83. The summed E-state index contributed by atoms with van der Waals surface area (Å²) >= 11 is 0. The van der Waals surface area contributed by atoms with Gasteiger partial charge in [-0.1, -0.05) is 0 Å². The summed E-state index contributed by atoms with van der Waals surface area (Å²) in [6.45, 7) is 7.40. The predicted molar refractivity (Wildman–Crippen MR) is 65.5 cm³/mol. The molecule has 1 heterocycles. The fraction of sp³-hybridized carbons (Fsp3) is 0.917. The van der Waals surface area contributed by atoms with Crippen LogP contribution in [0.15, 0.2) is 0 Å².